The minimum atomic E-state index is -0.0570. The highest BCUT2D eigenvalue weighted by Gasteiger charge is 2.13. The SMILES string of the molecule is C[C@H](CNC(=O)CSc1nnnn1-c1cccc(Cl)c1)c1ccccc1. The molecular weight excluding hydrogens is 370 g/mol. The van der Waals surface area contributed by atoms with E-state index in [1.807, 2.05) is 30.3 Å². The van der Waals surface area contributed by atoms with Crippen molar-refractivity contribution < 1.29 is 4.79 Å². The van der Waals surface area contributed by atoms with E-state index in [4.69, 9.17) is 11.6 Å². The number of aromatic nitrogens is 4. The van der Waals surface area contributed by atoms with Gasteiger partial charge in [0, 0.05) is 11.6 Å². The van der Waals surface area contributed by atoms with E-state index in [0.29, 0.717) is 16.7 Å². The molecule has 0 fully saturated rings. The summed E-state index contributed by atoms with van der Waals surface area (Å²) in [4.78, 5) is 12.1. The molecular formula is C18H18ClN5OS. The molecule has 1 heterocycles. The van der Waals surface area contributed by atoms with Gasteiger partial charge in [-0.1, -0.05) is 66.7 Å². The fourth-order valence-corrected chi connectivity index (χ4v) is 3.29. The molecule has 0 bridgehead atoms. The van der Waals surface area contributed by atoms with Crippen LogP contribution in [0.4, 0.5) is 0 Å². The number of nitrogens with one attached hydrogen (secondary N) is 1. The van der Waals surface area contributed by atoms with Crippen LogP contribution in [0.2, 0.25) is 5.02 Å². The molecule has 0 saturated heterocycles. The van der Waals surface area contributed by atoms with Gasteiger partial charge in [-0.05, 0) is 40.1 Å². The van der Waals surface area contributed by atoms with Crippen molar-refractivity contribution in [3.8, 4) is 5.69 Å². The zero-order valence-corrected chi connectivity index (χ0v) is 15.7. The van der Waals surface area contributed by atoms with Gasteiger partial charge in [0.05, 0.1) is 11.4 Å². The number of hydrogen-bond acceptors (Lipinski definition) is 5. The molecule has 1 atom stereocenters. The van der Waals surface area contributed by atoms with E-state index >= 15 is 0 Å². The summed E-state index contributed by atoms with van der Waals surface area (Å²) < 4.78 is 1.57. The first-order valence-electron chi connectivity index (χ1n) is 8.12. The van der Waals surface area contributed by atoms with Crippen LogP contribution in [0.3, 0.4) is 0 Å². The molecule has 134 valence electrons. The van der Waals surface area contributed by atoms with Crippen molar-refractivity contribution in [3.05, 3.63) is 65.2 Å². The number of hydrogen-bond donors (Lipinski definition) is 1. The molecule has 0 radical (unpaired) electrons. The minimum absolute atomic E-state index is 0.0570. The maximum absolute atomic E-state index is 12.1. The summed E-state index contributed by atoms with van der Waals surface area (Å²) in [5.41, 5.74) is 1.95. The molecule has 1 N–H and O–H groups in total. The molecule has 1 amide bonds. The zero-order chi connectivity index (χ0) is 18.4. The van der Waals surface area contributed by atoms with Crippen LogP contribution in [0, 0.1) is 0 Å². The first kappa shape index (κ1) is 18.4. The van der Waals surface area contributed by atoms with E-state index in [-0.39, 0.29) is 17.6 Å². The highest BCUT2D eigenvalue weighted by Crippen LogP contribution is 2.20. The van der Waals surface area contributed by atoms with E-state index in [1.165, 1.54) is 17.3 Å². The monoisotopic (exact) mass is 387 g/mol. The Morgan fingerprint density at radius 3 is 2.81 bits per heavy atom. The molecule has 0 aliphatic rings. The van der Waals surface area contributed by atoms with E-state index < -0.39 is 0 Å². The van der Waals surface area contributed by atoms with E-state index in [2.05, 4.69) is 39.9 Å². The van der Waals surface area contributed by atoms with E-state index in [0.717, 1.165) is 5.69 Å². The molecule has 8 heteroatoms. The van der Waals surface area contributed by atoms with Crippen molar-refractivity contribution >= 4 is 29.3 Å². The van der Waals surface area contributed by atoms with Gasteiger partial charge in [-0.25, -0.2) is 0 Å². The van der Waals surface area contributed by atoms with Gasteiger partial charge in [0.25, 0.3) is 0 Å². The second kappa shape index (κ2) is 8.82. The highest BCUT2D eigenvalue weighted by atomic mass is 35.5. The quantitative estimate of drug-likeness (QED) is 0.629. The lowest BCUT2D eigenvalue weighted by Crippen LogP contribution is -2.29. The number of amides is 1. The molecule has 1 aromatic heterocycles. The highest BCUT2D eigenvalue weighted by molar-refractivity contribution is 7.99. The van der Waals surface area contributed by atoms with Gasteiger partial charge in [-0.3, -0.25) is 4.79 Å². The molecule has 0 unspecified atom stereocenters. The van der Waals surface area contributed by atoms with Crippen LogP contribution in [0.5, 0.6) is 0 Å². The summed E-state index contributed by atoms with van der Waals surface area (Å²) in [5, 5.41) is 15.7. The number of tetrazole rings is 1. The molecule has 3 aromatic rings. The smallest absolute Gasteiger partial charge is 0.230 e. The van der Waals surface area contributed by atoms with Crippen molar-refractivity contribution in [3.63, 3.8) is 0 Å². The summed E-state index contributed by atoms with van der Waals surface area (Å²) >= 11 is 7.29. The van der Waals surface area contributed by atoms with Gasteiger partial charge in [-0.2, -0.15) is 4.68 Å². The zero-order valence-electron chi connectivity index (χ0n) is 14.2. The number of rotatable bonds is 7. The number of thioether (sulfide) groups is 1. The topological polar surface area (TPSA) is 72.7 Å². The fourth-order valence-electron chi connectivity index (χ4n) is 2.39. The predicted molar refractivity (Wildman–Crippen MR) is 103 cm³/mol. The van der Waals surface area contributed by atoms with Crippen LogP contribution in [0.15, 0.2) is 59.8 Å². The Bertz CT molecular complexity index is 871. The summed E-state index contributed by atoms with van der Waals surface area (Å²) in [6.07, 6.45) is 0. The lowest BCUT2D eigenvalue weighted by atomic mass is 10.0. The number of nitrogens with zero attached hydrogens (tertiary/aromatic N) is 4. The van der Waals surface area contributed by atoms with Crippen molar-refractivity contribution in [2.75, 3.05) is 12.3 Å². The molecule has 3 rings (SSSR count). The molecule has 2 aromatic carbocycles. The van der Waals surface area contributed by atoms with Crippen molar-refractivity contribution in [2.45, 2.75) is 18.0 Å². The Morgan fingerprint density at radius 2 is 2.04 bits per heavy atom. The maximum atomic E-state index is 12.1. The average Bonchev–Trinajstić information content (AvgIpc) is 3.14. The van der Waals surface area contributed by atoms with Crippen LogP contribution in [0.1, 0.15) is 18.4 Å². The molecule has 26 heavy (non-hydrogen) atoms. The van der Waals surface area contributed by atoms with Crippen molar-refractivity contribution in [1.29, 1.82) is 0 Å². The number of halogens is 1. The summed E-state index contributed by atoms with van der Waals surface area (Å²) in [5.74, 6) is 0.433. The fraction of sp³-hybridized carbons (Fsp3) is 0.222. The summed E-state index contributed by atoms with van der Waals surface area (Å²) in [6.45, 7) is 2.67. The standard InChI is InChI=1S/C18H18ClN5OS/c1-13(14-6-3-2-4-7-14)11-20-17(25)12-26-18-21-22-23-24(18)16-9-5-8-15(19)10-16/h2-10,13H,11-12H2,1H3,(H,20,25)/t13-/m1/s1. The van der Waals surface area contributed by atoms with Crippen molar-refractivity contribution in [1.82, 2.24) is 25.5 Å². The van der Waals surface area contributed by atoms with Crippen LogP contribution in [0.25, 0.3) is 5.69 Å². The Morgan fingerprint density at radius 1 is 1.23 bits per heavy atom. The maximum Gasteiger partial charge on any atom is 0.230 e. The second-order valence-corrected chi connectivity index (χ2v) is 7.14. The van der Waals surface area contributed by atoms with Gasteiger partial charge >= 0.3 is 0 Å². The van der Waals surface area contributed by atoms with Gasteiger partial charge in [0.2, 0.25) is 11.1 Å². The minimum Gasteiger partial charge on any atom is -0.355 e. The van der Waals surface area contributed by atoms with Crippen LogP contribution < -0.4 is 5.32 Å². The van der Waals surface area contributed by atoms with Gasteiger partial charge in [0.15, 0.2) is 0 Å². The molecule has 0 saturated carbocycles. The van der Waals surface area contributed by atoms with Crippen LogP contribution in [-0.2, 0) is 4.79 Å². The third-order valence-electron chi connectivity index (χ3n) is 3.80. The number of carbonyl (C=O) groups is 1. The van der Waals surface area contributed by atoms with Crippen LogP contribution >= 0.6 is 23.4 Å². The van der Waals surface area contributed by atoms with Gasteiger partial charge < -0.3 is 5.32 Å². The lowest BCUT2D eigenvalue weighted by molar-refractivity contribution is -0.118. The third-order valence-corrected chi connectivity index (χ3v) is 4.95. The number of benzene rings is 2. The Kier molecular flexibility index (Phi) is 6.25. The summed E-state index contributed by atoms with van der Waals surface area (Å²) in [7, 11) is 0. The van der Waals surface area contributed by atoms with Crippen molar-refractivity contribution in [2.24, 2.45) is 0 Å². The predicted octanol–water partition coefficient (Wildman–Crippen LogP) is 3.33. The largest absolute Gasteiger partial charge is 0.355 e. The van der Waals surface area contributed by atoms with Gasteiger partial charge in [0.1, 0.15) is 0 Å². The first-order valence-corrected chi connectivity index (χ1v) is 9.48. The molecule has 0 aliphatic heterocycles. The molecule has 0 spiro atoms. The Hall–Kier alpha value is -2.38. The van der Waals surface area contributed by atoms with E-state index in [9.17, 15) is 4.79 Å². The Balaban J connectivity index is 1.53. The van der Waals surface area contributed by atoms with Gasteiger partial charge in [-0.15, -0.1) is 5.10 Å². The Labute approximate surface area is 160 Å². The third kappa shape index (κ3) is 4.83. The molecule has 0 aliphatic carbocycles. The normalized spacial score (nSPS) is 11.9. The molecule has 6 nitrogen and oxygen atoms in total. The van der Waals surface area contributed by atoms with E-state index in [1.54, 1.807) is 16.8 Å². The second-order valence-electron chi connectivity index (χ2n) is 5.76. The lowest BCUT2D eigenvalue weighted by Gasteiger charge is -2.12. The average molecular weight is 388 g/mol. The summed E-state index contributed by atoms with van der Waals surface area (Å²) in [6, 6.07) is 17.3. The number of carbonyl (C=O) groups excluding carboxylic acids is 1. The van der Waals surface area contributed by atoms with Crippen LogP contribution in [-0.4, -0.2) is 38.4 Å². The first-order chi connectivity index (χ1) is 12.6.